The largest absolute Gasteiger partial charge is 0.481 e. The van der Waals surface area contributed by atoms with Gasteiger partial charge in [-0.1, -0.05) is 6.07 Å². The van der Waals surface area contributed by atoms with Crippen LogP contribution in [0.1, 0.15) is 40.5 Å². The molecule has 1 fully saturated rings. The van der Waals surface area contributed by atoms with Crippen LogP contribution in [0.3, 0.4) is 0 Å². The van der Waals surface area contributed by atoms with Crippen molar-refractivity contribution in [1.82, 2.24) is 4.90 Å². The van der Waals surface area contributed by atoms with Crippen molar-refractivity contribution >= 4 is 17.8 Å². The Labute approximate surface area is 122 Å². The number of rotatable bonds is 3. The van der Waals surface area contributed by atoms with Gasteiger partial charge in [0.05, 0.1) is 11.5 Å². The summed E-state index contributed by atoms with van der Waals surface area (Å²) < 4.78 is 0. The van der Waals surface area contributed by atoms with Crippen LogP contribution >= 0.6 is 0 Å². The van der Waals surface area contributed by atoms with Crippen LogP contribution in [0.25, 0.3) is 0 Å². The van der Waals surface area contributed by atoms with Crippen LogP contribution in [0.5, 0.6) is 0 Å². The van der Waals surface area contributed by atoms with Gasteiger partial charge in [-0.2, -0.15) is 0 Å². The molecular formula is C15H17NO5. The Morgan fingerprint density at radius 2 is 1.86 bits per heavy atom. The number of piperidine rings is 1. The van der Waals surface area contributed by atoms with Crippen LogP contribution in [-0.2, 0) is 4.79 Å². The van der Waals surface area contributed by atoms with Crippen LogP contribution in [0.4, 0.5) is 0 Å². The van der Waals surface area contributed by atoms with Gasteiger partial charge in [0.15, 0.2) is 0 Å². The predicted octanol–water partition coefficient (Wildman–Crippen LogP) is 1.71. The van der Waals surface area contributed by atoms with E-state index in [0.717, 1.165) is 0 Å². The first kappa shape index (κ1) is 15.0. The second kappa shape index (κ2) is 5.95. The van der Waals surface area contributed by atoms with E-state index in [4.69, 9.17) is 5.11 Å². The number of carbonyl (C=O) groups is 3. The highest BCUT2D eigenvalue weighted by Crippen LogP contribution is 2.25. The first-order chi connectivity index (χ1) is 9.91. The van der Waals surface area contributed by atoms with Gasteiger partial charge in [0, 0.05) is 18.2 Å². The van der Waals surface area contributed by atoms with Crippen molar-refractivity contribution < 1.29 is 24.6 Å². The Balaban J connectivity index is 2.24. The Kier molecular flexibility index (Phi) is 4.26. The summed E-state index contributed by atoms with van der Waals surface area (Å²) in [5.74, 6) is -2.90. The summed E-state index contributed by atoms with van der Waals surface area (Å²) in [7, 11) is 0. The van der Waals surface area contributed by atoms with E-state index in [0.29, 0.717) is 19.4 Å². The minimum absolute atomic E-state index is 0.0419. The lowest BCUT2D eigenvalue weighted by Gasteiger charge is -2.37. The highest BCUT2D eigenvalue weighted by molar-refractivity contribution is 5.97. The van der Waals surface area contributed by atoms with E-state index in [1.165, 1.54) is 23.1 Å². The van der Waals surface area contributed by atoms with Crippen molar-refractivity contribution in [1.29, 1.82) is 0 Å². The second-order valence-corrected chi connectivity index (χ2v) is 5.21. The molecule has 1 aromatic carbocycles. The van der Waals surface area contributed by atoms with E-state index in [-0.39, 0.29) is 17.0 Å². The minimum atomic E-state index is -1.10. The third kappa shape index (κ3) is 3.04. The van der Waals surface area contributed by atoms with Gasteiger partial charge in [0.1, 0.15) is 0 Å². The molecule has 2 N–H and O–H groups in total. The van der Waals surface area contributed by atoms with Crippen molar-refractivity contribution in [3.05, 3.63) is 35.4 Å². The molecule has 0 radical (unpaired) electrons. The van der Waals surface area contributed by atoms with Crippen LogP contribution in [-0.4, -0.2) is 45.5 Å². The van der Waals surface area contributed by atoms with Gasteiger partial charge in [0.2, 0.25) is 0 Å². The van der Waals surface area contributed by atoms with E-state index in [2.05, 4.69) is 0 Å². The van der Waals surface area contributed by atoms with Crippen LogP contribution in [0.2, 0.25) is 0 Å². The number of aliphatic carboxylic acids is 1. The number of carboxylic acids is 2. The number of carboxylic acid groups (broad SMARTS) is 2. The molecule has 1 amide bonds. The summed E-state index contributed by atoms with van der Waals surface area (Å²) in [4.78, 5) is 36.2. The molecule has 6 nitrogen and oxygen atoms in total. The molecule has 1 aliphatic heterocycles. The molecular weight excluding hydrogens is 274 g/mol. The molecule has 21 heavy (non-hydrogen) atoms. The monoisotopic (exact) mass is 291 g/mol. The van der Waals surface area contributed by atoms with E-state index < -0.39 is 23.9 Å². The summed E-state index contributed by atoms with van der Waals surface area (Å²) in [5.41, 5.74) is 0.313. The molecule has 2 rings (SSSR count). The molecule has 1 aromatic rings. The zero-order valence-corrected chi connectivity index (χ0v) is 11.7. The van der Waals surface area contributed by atoms with Crippen molar-refractivity contribution in [2.24, 2.45) is 5.92 Å². The highest BCUT2D eigenvalue weighted by atomic mass is 16.4. The molecule has 0 spiro atoms. The van der Waals surface area contributed by atoms with Gasteiger partial charge in [-0.15, -0.1) is 0 Å². The molecule has 0 unspecified atom stereocenters. The van der Waals surface area contributed by atoms with Crippen LogP contribution in [0.15, 0.2) is 24.3 Å². The quantitative estimate of drug-likeness (QED) is 0.884. The standard InChI is InChI=1S/C15H17NO5/c1-9-12(15(20)21)6-3-7-16(9)13(17)10-4-2-5-11(8-10)14(18)19/h2,4-5,8-9,12H,3,6-7H2,1H3,(H,18,19)(H,20,21)/t9-,12-/m1/s1. The molecule has 0 saturated carbocycles. The fraction of sp³-hybridized carbons (Fsp3) is 0.400. The van der Waals surface area contributed by atoms with Gasteiger partial charge >= 0.3 is 11.9 Å². The number of nitrogens with zero attached hydrogens (tertiary/aromatic N) is 1. The maximum atomic E-state index is 12.5. The summed E-state index contributed by atoms with van der Waals surface area (Å²) in [6.45, 7) is 2.21. The van der Waals surface area contributed by atoms with Gasteiger partial charge in [0.25, 0.3) is 5.91 Å². The van der Waals surface area contributed by atoms with E-state index in [1.807, 2.05) is 0 Å². The maximum absolute atomic E-state index is 12.5. The molecule has 1 heterocycles. The summed E-state index contributed by atoms with van der Waals surface area (Å²) in [5, 5.41) is 18.1. The first-order valence-electron chi connectivity index (χ1n) is 6.79. The van der Waals surface area contributed by atoms with Crippen molar-refractivity contribution in [2.75, 3.05) is 6.54 Å². The van der Waals surface area contributed by atoms with E-state index >= 15 is 0 Å². The number of hydrogen-bond donors (Lipinski definition) is 2. The smallest absolute Gasteiger partial charge is 0.335 e. The lowest BCUT2D eigenvalue weighted by atomic mass is 9.89. The fourth-order valence-electron chi connectivity index (χ4n) is 2.71. The topological polar surface area (TPSA) is 94.9 Å². The SMILES string of the molecule is C[C@@H]1[C@H](C(=O)O)CCCN1C(=O)c1cccc(C(=O)O)c1. The average molecular weight is 291 g/mol. The highest BCUT2D eigenvalue weighted by Gasteiger charge is 2.35. The van der Waals surface area contributed by atoms with Crippen molar-refractivity contribution in [2.45, 2.75) is 25.8 Å². The Bertz CT molecular complexity index is 583. The predicted molar refractivity (Wildman–Crippen MR) is 74.3 cm³/mol. The Hall–Kier alpha value is -2.37. The van der Waals surface area contributed by atoms with Crippen LogP contribution in [0, 0.1) is 5.92 Å². The van der Waals surface area contributed by atoms with Crippen molar-refractivity contribution in [3.63, 3.8) is 0 Å². The average Bonchev–Trinajstić information content (AvgIpc) is 2.46. The lowest BCUT2D eigenvalue weighted by molar-refractivity contribution is -0.144. The molecule has 6 heteroatoms. The molecule has 1 saturated heterocycles. The van der Waals surface area contributed by atoms with E-state index in [1.54, 1.807) is 13.0 Å². The molecule has 2 atom stereocenters. The zero-order valence-electron chi connectivity index (χ0n) is 11.7. The van der Waals surface area contributed by atoms with Crippen molar-refractivity contribution in [3.8, 4) is 0 Å². The third-order valence-corrected chi connectivity index (χ3v) is 3.92. The number of aromatic carboxylic acids is 1. The molecule has 0 aliphatic carbocycles. The number of carbonyl (C=O) groups excluding carboxylic acids is 1. The normalized spacial score (nSPS) is 21.9. The van der Waals surface area contributed by atoms with Gasteiger partial charge in [-0.3, -0.25) is 9.59 Å². The minimum Gasteiger partial charge on any atom is -0.481 e. The summed E-state index contributed by atoms with van der Waals surface area (Å²) in [6.07, 6.45) is 1.18. The van der Waals surface area contributed by atoms with Crippen LogP contribution < -0.4 is 0 Å². The Morgan fingerprint density at radius 1 is 1.19 bits per heavy atom. The third-order valence-electron chi connectivity index (χ3n) is 3.92. The van der Waals surface area contributed by atoms with Gasteiger partial charge in [-0.05, 0) is 38.0 Å². The molecule has 0 aromatic heterocycles. The number of likely N-dealkylation sites (tertiary alicyclic amines) is 1. The maximum Gasteiger partial charge on any atom is 0.335 e. The second-order valence-electron chi connectivity index (χ2n) is 5.21. The van der Waals surface area contributed by atoms with Gasteiger partial charge < -0.3 is 15.1 Å². The van der Waals surface area contributed by atoms with E-state index in [9.17, 15) is 19.5 Å². The first-order valence-corrected chi connectivity index (χ1v) is 6.79. The Morgan fingerprint density at radius 3 is 2.48 bits per heavy atom. The number of hydrogen-bond acceptors (Lipinski definition) is 3. The molecule has 112 valence electrons. The molecule has 0 bridgehead atoms. The number of benzene rings is 1. The summed E-state index contributed by atoms with van der Waals surface area (Å²) >= 11 is 0. The lowest BCUT2D eigenvalue weighted by Crippen LogP contribution is -2.49. The number of amides is 1. The summed E-state index contributed by atoms with van der Waals surface area (Å²) in [6, 6.07) is 5.39. The van der Waals surface area contributed by atoms with Gasteiger partial charge in [-0.25, -0.2) is 4.79 Å². The zero-order chi connectivity index (χ0) is 15.6. The fourth-order valence-corrected chi connectivity index (χ4v) is 2.71. The molecule has 1 aliphatic rings.